The number of carbonyl (C=O) groups is 2. The molecule has 162 valence electrons. The van der Waals surface area contributed by atoms with Crippen molar-refractivity contribution in [2.24, 2.45) is 5.92 Å². The third-order valence-corrected chi connectivity index (χ3v) is 4.91. The summed E-state index contributed by atoms with van der Waals surface area (Å²) < 4.78 is 10.5. The number of hydrogen-bond acceptors (Lipinski definition) is 6. The van der Waals surface area contributed by atoms with E-state index in [2.05, 4.69) is 15.5 Å². The Morgan fingerprint density at radius 1 is 1.31 bits per heavy atom. The molecule has 1 aromatic carbocycles. The quantitative estimate of drug-likeness (QED) is 0.578. The summed E-state index contributed by atoms with van der Waals surface area (Å²) >= 11 is 6.02. The molecular weight excluding hydrogens is 396 g/mol. The summed E-state index contributed by atoms with van der Waals surface area (Å²) in [6, 6.07) is 3.05. The van der Waals surface area contributed by atoms with Gasteiger partial charge < -0.3 is 30.7 Å². The molecule has 1 unspecified atom stereocenters. The maximum atomic E-state index is 12.4. The lowest BCUT2D eigenvalue weighted by Crippen LogP contribution is -2.37. The average Bonchev–Trinajstić information content (AvgIpc) is 3.08. The number of methoxy groups -OCH3 is 1. The van der Waals surface area contributed by atoms with Gasteiger partial charge in [0.15, 0.2) is 0 Å². The van der Waals surface area contributed by atoms with Gasteiger partial charge in [-0.1, -0.05) is 11.6 Å². The van der Waals surface area contributed by atoms with Crippen molar-refractivity contribution >= 4 is 29.3 Å². The highest BCUT2D eigenvalue weighted by atomic mass is 35.5. The van der Waals surface area contributed by atoms with Gasteiger partial charge in [0.05, 0.1) is 23.4 Å². The minimum absolute atomic E-state index is 0.258. The molecule has 4 N–H and O–H groups in total. The van der Waals surface area contributed by atoms with Crippen LogP contribution in [-0.4, -0.2) is 62.3 Å². The molecule has 1 aromatic rings. The largest absolute Gasteiger partial charge is 0.496 e. The van der Waals surface area contributed by atoms with E-state index in [-0.39, 0.29) is 12.0 Å². The summed E-state index contributed by atoms with van der Waals surface area (Å²) in [7, 11) is 1.48. The SMILES string of the molecule is COc1cc(N)c(Cl)cc1C(=O)NCCN1CCC(CNC(=O)OC(C)(C)C)C1. The molecule has 1 fully saturated rings. The molecule has 1 aliphatic heterocycles. The van der Waals surface area contributed by atoms with Crippen molar-refractivity contribution in [3.63, 3.8) is 0 Å². The molecule has 0 aromatic heterocycles. The van der Waals surface area contributed by atoms with Gasteiger partial charge in [-0.15, -0.1) is 0 Å². The first-order valence-electron chi connectivity index (χ1n) is 9.69. The predicted octanol–water partition coefficient (Wildman–Crippen LogP) is 2.51. The van der Waals surface area contributed by atoms with Crippen LogP contribution in [0.2, 0.25) is 5.02 Å². The molecule has 9 heteroatoms. The Hall–Kier alpha value is -2.19. The third kappa shape index (κ3) is 7.29. The number of benzene rings is 1. The number of nitrogens with two attached hydrogens (primary N) is 1. The molecule has 0 spiro atoms. The smallest absolute Gasteiger partial charge is 0.407 e. The number of nitrogen functional groups attached to an aromatic ring is 1. The molecular formula is C20H31ClN4O4. The molecule has 0 radical (unpaired) electrons. The van der Waals surface area contributed by atoms with Crippen LogP contribution in [-0.2, 0) is 4.74 Å². The first kappa shape index (κ1) is 23.1. The Morgan fingerprint density at radius 3 is 2.69 bits per heavy atom. The van der Waals surface area contributed by atoms with Gasteiger partial charge in [-0.25, -0.2) is 4.79 Å². The predicted molar refractivity (Wildman–Crippen MR) is 114 cm³/mol. The Morgan fingerprint density at radius 2 is 2.03 bits per heavy atom. The summed E-state index contributed by atoms with van der Waals surface area (Å²) in [5, 5.41) is 6.03. The van der Waals surface area contributed by atoms with Crippen molar-refractivity contribution in [2.45, 2.75) is 32.8 Å². The fourth-order valence-corrected chi connectivity index (χ4v) is 3.33. The fourth-order valence-electron chi connectivity index (χ4n) is 3.16. The second-order valence-corrected chi connectivity index (χ2v) is 8.58. The zero-order valence-electron chi connectivity index (χ0n) is 17.5. The minimum Gasteiger partial charge on any atom is -0.496 e. The Balaban J connectivity index is 1.73. The lowest BCUT2D eigenvalue weighted by atomic mass is 10.1. The van der Waals surface area contributed by atoms with Crippen LogP contribution < -0.4 is 21.1 Å². The maximum absolute atomic E-state index is 12.4. The standard InChI is InChI=1S/C20H31ClN4O4/c1-20(2,3)29-19(27)24-11-13-5-7-25(12-13)8-6-23-18(26)14-9-15(21)16(22)10-17(14)28-4/h9-10,13H,5-8,11-12,22H2,1-4H3,(H,23,26)(H,24,27). The molecule has 1 aliphatic rings. The van der Waals surface area contributed by atoms with E-state index in [1.54, 1.807) is 6.07 Å². The second kappa shape index (κ2) is 10.0. The normalized spacial score (nSPS) is 17.1. The highest BCUT2D eigenvalue weighted by Crippen LogP contribution is 2.28. The second-order valence-electron chi connectivity index (χ2n) is 8.17. The minimum atomic E-state index is -0.499. The molecule has 8 nitrogen and oxygen atoms in total. The number of alkyl carbamates (subject to hydrolysis) is 1. The maximum Gasteiger partial charge on any atom is 0.407 e. The Kier molecular flexibility index (Phi) is 7.98. The van der Waals surface area contributed by atoms with Crippen LogP contribution in [0.5, 0.6) is 5.75 Å². The lowest BCUT2D eigenvalue weighted by molar-refractivity contribution is 0.0519. The van der Waals surface area contributed by atoms with Crippen LogP contribution in [0.3, 0.4) is 0 Å². The third-order valence-electron chi connectivity index (χ3n) is 4.58. The van der Waals surface area contributed by atoms with E-state index in [9.17, 15) is 9.59 Å². The zero-order valence-corrected chi connectivity index (χ0v) is 18.3. The van der Waals surface area contributed by atoms with Gasteiger partial charge in [0.25, 0.3) is 5.91 Å². The molecule has 29 heavy (non-hydrogen) atoms. The van der Waals surface area contributed by atoms with Gasteiger partial charge in [-0.05, 0) is 45.7 Å². The number of rotatable bonds is 7. The van der Waals surface area contributed by atoms with E-state index in [1.165, 1.54) is 13.2 Å². The van der Waals surface area contributed by atoms with Crippen LogP contribution in [0.1, 0.15) is 37.6 Å². The average molecular weight is 427 g/mol. The topological polar surface area (TPSA) is 106 Å². The molecule has 2 amide bonds. The van der Waals surface area contributed by atoms with Crippen LogP contribution in [0.25, 0.3) is 0 Å². The molecule has 0 bridgehead atoms. The monoisotopic (exact) mass is 426 g/mol. The molecule has 1 heterocycles. The van der Waals surface area contributed by atoms with E-state index in [4.69, 9.17) is 26.8 Å². The highest BCUT2D eigenvalue weighted by molar-refractivity contribution is 6.33. The molecule has 1 atom stereocenters. The lowest BCUT2D eigenvalue weighted by Gasteiger charge is -2.21. The number of hydrogen-bond donors (Lipinski definition) is 3. The van der Waals surface area contributed by atoms with Gasteiger partial charge in [0.1, 0.15) is 11.4 Å². The first-order chi connectivity index (χ1) is 13.6. The van der Waals surface area contributed by atoms with E-state index in [0.717, 1.165) is 26.1 Å². The van der Waals surface area contributed by atoms with Crippen LogP contribution in [0, 0.1) is 5.92 Å². The Labute approximate surface area is 177 Å². The van der Waals surface area contributed by atoms with Crippen molar-refractivity contribution in [3.05, 3.63) is 22.7 Å². The van der Waals surface area contributed by atoms with Gasteiger partial charge >= 0.3 is 6.09 Å². The molecule has 1 saturated heterocycles. The fraction of sp³-hybridized carbons (Fsp3) is 0.600. The number of halogens is 1. The summed E-state index contributed by atoms with van der Waals surface area (Å²) in [6.45, 7) is 9.11. The van der Waals surface area contributed by atoms with E-state index >= 15 is 0 Å². The van der Waals surface area contributed by atoms with Gasteiger partial charge in [0.2, 0.25) is 0 Å². The highest BCUT2D eigenvalue weighted by Gasteiger charge is 2.24. The molecule has 0 saturated carbocycles. The number of ether oxygens (including phenoxy) is 2. The van der Waals surface area contributed by atoms with Crippen molar-refractivity contribution in [1.82, 2.24) is 15.5 Å². The first-order valence-corrected chi connectivity index (χ1v) is 10.1. The van der Waals surface area contributed by atoms with E-state index in [1.807, 2.05) is 20.8 Å². The number of nitrogens with one attached hydrogen (secondary N) is 2. The van der Waals surface area contributed by atoms with Gasteiger partial charge in [0, 0.05) is 32.2 Å². The van der Waals surface area contributed by atoms with Crippen LogP contribution >= 0.6 is 11.6 Å². The van der Waals surface area contributed by atoms with Crippen molar-refractivity contribution in [1.29, 1.82) is 0 Å². The van der Waals surface area contributed by atoms with E-state index in [0.29, 0.717) is 41.0 Å². The van der Waals surface area contributed by atoms with Gasteiger partial charge in [-0.3, -0.25) is 4.79 Å². The number of likely N-dealkylation sites (tertiary alicyclic amines) is 1. The van der Waals surface area contributed by atoms with Crippen LogP contribution in [0.15, 0.2) is 12.1 Å². The number of amides is 2. The Bertz CT molecular complexity index is 736. The number of carbonyl (C=O) groups excluding carboxylic acids is 2. The van der Waals surface area contributed by atoms with Crippen molar-refractivity contribution < 1.29 is 19.1 Å². The van der Waals surface area contributed by atoms with Crippen molar-refractivity contribution in [2.75, 3.05) is 45.6 Å². The van der Waals surface area contributed by atoms with Crippen molar-refractivity contribution in [3.8, 4) is 5.75 Å². The summed E-state index contributed by atoms with van der Waals surface area (Å²) in [5.74, 6) is 0.499. The van der Waals surface area contributed by atoms with Crippen LogP contribution in [0.4, 0.5) is 10.5 Å². The van der Waals surface area contributed by atoms with E-state index < -0.39 is 5.60 Å². The van der Waals surface area contributed by atoms with Gasteiger partial charge in [-0.2, -0.15) is 0 Å². The molecule has 0 aliphatic carbocycles. The zero-order chi connectivity index (χ0) is 21.6. The number of anilines is 1. The summed E-state index contributed by atoms with van der Waals surface area (Å²) in [4.78, 5) is 26.5. The molecule has 2 rings (SSSR count). The number of nitrogens with zero attached hydrogens (tertiary/aromatic N) is 1. The summed E-state index contributed by atoms with van der Waals surface area (Å²) in [5.41, 5.74) is 5.97. The summed E-state index contributed by atoms with van der Waals surface area (Å²) in [6.07, 6.45) is 0.602.